The summed E-state index contributed by atoms with van der Waals surface area (Å²) in [6, 6.07) is -0.360. The van der Waals surface area contributed by atoms with Crippen LogP contribution in [-0.2, 0) is 21.2 Å². The lowest BCUT2D eigenvalue weighted by molar-refractivity contribution is -0.133. The second-order valence-corrected chi connectivity index (χ2v) is 8.02. The summed E-state index contributed by atoms with van der Waals surface area (Å²) in [5.74, 6) is -0.347. The van der Waals surface area contributed by atoms with Crippen LogP contribution >= 0.6 is 23.2 Å². The zero-order valence-corrected chi connectivity index (χ0v) is 14.2. The van der Waals surface area contributed by atoms with Gasteiger partial charge < -0.3 is 4.90 Å². The van der Waals surface area contributed by atoms with Crippen LogP contribution in [0.3, 0.4) is 0 Å². The SMILES string of the molecule is CCN(C(=O)Cn1ncc(Cl)c(Cl)c1=O)C1CCS(=O)(=O)C1. The van der Waals surface area contributed by atoms with Gasteiger partial charge in [-0.05, 0) is 13.3 Å². The number of carbonyl (C=O) groups is 1. The van der Waals surface area contributed by atoms with Crippen LogP contribution in [0.15, 0.2) is 11.0 Å². The summed E-state index contributed by atoms with van der Waals surface area (Å²) in [6.07, 6.45) is 1.60. The van der Waals surface area contributed by atoms with Crippen molar-refractivity contribution in [3.05, 3.63) is 26.6 Å². The number of hydrogen-bond donors (Lipinski definition) is 0. The summed E-state index contributed by atoms with van der Waals surface area (Å²) in [7, 11) is -3.09. The maximum atomic E-state index is 12.3. The highest BCUT2D eigenvalue weighted by molar-refractivity contribution is 7.91. The van der Waals surface area contributed by atoms with E-state index >= 15 is 0 Å². The quantitative estimate of drug-likeness (QED) is 0.776. The molecular formula is C12H15Cl2N3O4S. The van der Waals surface area contributed by atoms with Gasteiger partial charge in [-0.1, -0.05) is 23.2 Å². The Kier molecular flexibility index (Phi) is 5.14. The van der Waals surface area contributed by atoms with Crippen molar-refractivity contribution in [2.75, 3.05) is 18.1 Å². The van der Waals surface area contributed by atoms with Gasteiger partial charge >= 0.3 is 0 Å². The Morgan fingerprint density at radius 1 is 1.50 bits per heavy atom. The van der Waals surface area contributed by atoms with Crippen molar-refractivity contribution in [3.8, 4) is 0 Å². The number of aromatic nitrogens is 2. The van der Waals surface area contributed by atoms with E-state index in [2.05, 4.69) is 5.10 Å². The van der Waals surface area contributed by atoms with Gasteiger partial charge in [-0.15, -0.1) is 0 Å². The second-order valence-electron chi connectivity index (χ2n) is 5.01. The molecule has 0 N–H and O–H groups in total. The number of likely N-dealkylation sites (N-methyl/N-ethyl adjacent to an activating group) is 1. The highest BCUT2D eigenvalue weighted by atomic mass is 35.5. The molecule has 122 valence electrons. The fraction of sp³-hybridized carbons (Fsp3) is 0.583. The first-order chi connectivity index (χ1) is 10.2. The van der Waals surface area contributed by atoms with Crippen molar-refractivity contribution in [1.29, 1.82) is 0 Å². The van der Waals surface area contributed by atoms with Crippen LogP contribution in [0.25, 0.3) is 0 Å². The van der Waals surface area contributed by atoms with E-state index in [9.17, 15) is 18.0 Å². The minimum absolute atomic E-state index is 0.0181. The molecule has 0 spiro atoms. The Labute approximate surface area is 137 Å². The van der Waals surface area contributed by atoms with Gasteiger partial charge in [0.15, 0.2) is 9.84 Å². The van der Waals surface area contributed by atoms with E-state index in [1.807, 2.05) is 0 Å². The largest absolute Gasteiger partial charge is 0.337 e. The van der Waals surface area contributed by atoms with Crippen molar-refractivity contribution in [3.63, 3.8) is 0 Å². The third-order valence-electron chi connectivity index (χ3n) is 3.54. The molecular weight excluding hydrogens is 353 g/mol. The molecule has 0 saturated carbocycles. The summed E-state index contributed by atoms with van der Waals surface area (Å²) in [5, 5.41) is 3.59. The average molecular weight is 368 g/mol. The standard InChI is InChI=1S/C12H15Cl2N3O4S/c1-2-16(8-3-4-22(20,21)7-8)10(18)6-17-12(19)11(14)9(13)5-15-17/h5,8H,2-4,6-7H2,1H3. The second kappa shape index (κ2) is 6.55. The number of nitrogens with zero attached hydrogens (tertiary/aromatic N) is 3. The smallest absolute Gasteiger partial charge is 0.287 e. The molecule has 0 aromatic carbocycles. The van der Waals surface area contributed by atoms with Gasteiger partial charge in [0.25, 0.3) is 5.56 Å². The molecule has 1 unspecified atom stereocenters. The van der Waals surface area contributed by atoms with E-state index in [-0.39, 0.29) is 40.0 Å². The lowest BCUT2D eigenvalue weighted by Gasteiger charge is -2.26. The summed E-state index contributed by atoms with van der Waals surface area (Å²) >= 11 is 11.4. The fourth-order valence-corrected chi connectivity index (χ4v) is 4.44. The minimum Gasteiger partial charge on any atom is -0.337 e. The number of amides is 1. The lowest BCUT2D eigenvalue weighted by atomic mass is 10.2. The van der Waals surface area contributed by atoms with E-state index < -0.39 is 15.4 Å². The normalized spacial score (nSPS) is 20.0. The molecule has 1 aromatic heterocycles. The first-order valence-electron chi connectivity index (χ1n) is 6.66. The van der Waals surface area contributed by atoms with Gasteiger partial charge in [0.2, 0.25) is 5.91 Å². The summed E-state index contributed by atoms with van der Waals surface area (Å²) < 4.78 is 24.0. The first-order valence-corrected chi connectivity index (χ1v) is 9.24. The van der Waals surface area contributed by atoms with Crippen LogP contribution in [0, 0.1) is 0 Å². The third-order valence-corrected chi connectivity index (χ3v) is 6.04. The Hall–Kier alpha value is -1.12. The van der Waals surface area contributed by atoms with Crippen LogP contribution < -0.4 is 5.56 Å². The van der Waals surface area contributed by atoms with Crippen molar-refractivity contribution in [2.45, 2.75) is 25.9 Å². The van der Waals surface area contributed by atoms with E-state index in [4.69, 9.17) is 23.2 Å². The Morgan fingerprint density at radius 3 is 2.73 bits per heavy atom. The van der Waals surface area contributed by atoms with Crippen molar-refractivity contribution >= 4 is 38.9 Å². The van der Waals surface area contributed by atoms with Gasteiger partial charge in [-0.25, -0.2) is 13.1 Å². The molecule has 1 amide bonds. The minimum atomic E-state index is -3.09. The van der Waals surface area contributed by atoms with Crippen molar-refractivity contribution < 1.29 is 13.2 Å². The van der Waals surface area contributed by atoms with Crippen molar-refractivity contribution in [2.24, 2.45) is 0 Å². The predicted molar refractivity (Wildman–Crippen MR) is 83.0 cm³/mol. The number of carbonyl (C=O) groups excluding carboxylic acids is 1. The highest BCUT2D eigenvalue weighted by Gasteiger charge is 2.34. The molecule has 0 bridgehead atoms. The van der Waals surface area contributed by atoms with Gasteiger partial charge in [0.1, 0.15) is 11.6 Å². The number of sulfone groups is 1. The van der Waals surface area contributed by atoms with Crippen LogP contribution in [0.4, 0.5) is 0 Å². The topological polar surface area (TPSA) is 89.3 Å². The molecule has 1 aliphatic rings. The fourth-order valence-electron chi connectivity index (χ4n) is 2.44. The van der Waals surface area contributed by atoms with Crippen molar-refractivity contribution in [1.82, 2.24) is 14.7 Å². The molecule has 0 aliphatic carbocycles. The maximum absolute atomic E-state index is 12.3. The van der Waals surface area contributed by atoms with Gasteiger partial charge in [-0.2, -0.15) is 5.10 Å². The molecule has 1 atom stereocenters. The van der Waals surface area contributed by atoms with Gasteiger partial charge in [0, 0.05) is 12.6 Å². The Bertz CT molecular complexity index is 747. The molecule has 0 radical (unpaired) electrons. The van der Waals surface area contributed by atoms with Gasteiger partial charge in [0.05, 0.1) is 22.7 Å². The Morgan fingerprint density at radius 2 is 2.18 bits per heavy atom. The third kappa shape index (κ3) is 3.61. The van der Waals surface area contributed by atoms with E-state index in [0.717, 1.165) is 4.68 Å². The first kappa shape index (κ1) is 17.2. The monoisotopic (exact) mass is 367 g/mol. The van der Waals surface area contributed by atoms with Crippen LogP contribution in [-0.4, -0.2) is 53.1 Å². The molecule has 10 heteroatoms. The lowest BCUT2D eigenvalue weighted by Crippen LogP contribution is -2.44. The number of rotatable bonds is 4. The average Bonchev–Trinajstić information content (AvgIpc) is 2.80. The van der Waals surface area contributed by atoms with Gasteiger partial charge in [-0.3, -0.25) is 9.59 Å². The Balaban J connectivity index is 2.17. The zero-order chi connectivity index (χ0) is 16.5. The molecule has 1 aromatic rings. The molecule has 2 heterocycles. The molecule has 22 heavy (non-hydrogen) atoms. The van der Waals surface area contributed by atoms with Crippen LogP contribution in [0.5, 0.6) is 0 Å². The number of halogens is 2. The summed E-state index contributed by atoms with van der Waals surface area (Å²) in [6.45, 7) is 1.81. The molecule has 1 saturated heterocycles. The maximum Gasteiger partial charge on any atom is 0.287 e. The predicted octanol–water partition coefficient (Wildman–Crippen LogP) is 0.586. The number of hydrogen-bond acceptors (Lipinski definition) is 5. The zero-order valence-electron chi connectivity index (χ0n) is 11.8. The molecule has 1 fully saturated rings. The summed E-state index contributed by atoms with van der Waals surface area (Å²) in [5.41, 5.74) is -0.655. The molecule has 1 aliphatic heterocycles. The van der Waals surface area contributed by atoms with E-state index in [1.54, 1.807) is 6.92 Å². The molecule has 2 rings (SSSR count). The van der Waals surface area contributed by atoms with E-state index in [1.165, 1.54) is 11.1 Å². The van der Waals surface area contributed by atoms with Crippen LogP contribution in [0.1, 0.15) is 13.3 Å². The van der Waals surface area contributed by atoms with Crippen LogP contribution in [0.2, 0.25) is 10.0 Å². The highest BCUT2D eigenvalue weighted by Crippen LogP contribution is 2.18. The van der Waals surface area contributed by atoms with E-state index in [0.29, 0.717) is 13.0 Å². The molecule has 7 nitrogen and oxygen atoms in total. The summed E-state index contributed by atoms with van der Waals surface area (Å²) in [4.78, 5) is 25.7.